The first-order chi connectivity index (χ1) is 12.2. The number of carbonyl (C=O) groups excluding carboxylic acids is 2. The van der Waals surface area contributed by atoms with Gasteiger partial charge in [-0.05, 0) is 31.2 Å². The fourth-order valence-corrected chi connectivity index (χ4v) is 3.62. The maximum Gasteiger partial charge on any atom is 0.318 e. The van der Waals surface area contributed by atoms with Crippen molar-refractivity contribution in [3.8, 4) is 0 Å². The number of nitrogens with zero attached hydrogens (tertiary/aromatic N) is 1. The second-order valence-electron chi connectivity index (χ2n) is 6.88. The van der Waals surface area contributed by atoms with Gasteiger partial charge in [-0.15, -0.1) is 0 Å². The third-order valence-electron chi connectivity index (χ3n) is 5.00. The normalized spacial score (nSPS) is 21.1. The maximum absolute atomic E-state index is 12.5. The quantitative estimate of drug-likeness (QED) is 0.806. The minimum absolute atomic E-state index is 0.118. The monoisotopic (exact) mass is 345 g/mol. The second-order valence-corrected chi connectivity index (χ2v) is 6.88. The Bertz CT molecular complexity index is 573. The molecule has 1 saturated heterocycles. The number of urea groups is 1. The first-order valence-corrected chi connectivity index (χ1v) is 9.27. The highest BCUT2D eigenvalue weighted by molar-refractivity contribution is 5.87. The highest BCUT2D eigenvalue weighted by Crippen LogP contribution is 2.21. The summed E-state index contributed by atoms with van der Waals surface area (Å²) in [5.74, 6) is -0.243. The molecule has 3 amide bonds. The molecule has 2 fully saturated rings. The van der Waals surface area contributed by atoms with Gasteiger partial charge in [-0.3, -0.25) is 9.63 Å². The molecule has 25 heavy (non-hydrogen) atoms. The van der Waals surface area contributed by atoms with Gasteiger partial charge in [0, 0.05) is 12.6 Å². The summed E-state index contributed by atoms with van der Waals surface area (Å²) in [7, 11) is 0. The summed E-state index contributed by atoms with van der Waals surface area (Å²) in [4.78, 5) is 31.9. The van der Waals surface area contributed by atoms with Crippen LogP contribution in [0.5, 0.6) is 0 Å². The zero-order valence-corrected chi connectivity index (χ0v) is 14.6. The Morgan fingerprint density at radius 1 is 1.04 bits per heavy atom. The van der Waals surface area contributed by atoms with Crippen LogP contribution in [0.4, 0.5) is 4.79 Å². The molecule has 6 nitrogen and oxygen atoms in total. The second kappa shape index (κ2) is 8.85. The van der Waals surface area contributed by atoms with E-state index in [4.69, 9.17) is 4.84 Å². The lowest BCUT2D eigenvalue weighted by Crippen LogP contribution is -2.51. The lowest BCUT2D eigenvalue weighted by Gasteiger charge is -2.28. The Morgan fingerprint density at radius 2 is 1.80 bits per heavy atom. The molecular weight excluding hydrogens is 318 g/mol. The average Bonchev–Trinajstić information content (AvgIpc) is 3.13. The van der Waals surface area contributed by atoms with E-state index in [1.54, 1.807) is 4.90 Å². The average molecular weight is 345 g/mol. The standard InChI is InChI=1S/C19H27N3O3/c23-18(21-25-14-15-8-3-1-4-9-15)17-12-7-13-22(17)19(24)20-16-10-5-2-6-11-16/h1,3-4,8-9,16-17H,2,5-7,10-14H2,(H,20,24)(H,21,23)/t17-/m1/s1. The predicted octanol–water partition coefficient (Wildman–Crippen LogP) is 2.74. The van der Waals surface area contributed by atoms with E-state index in [0.717, 1.165) is 24.8 Å². The third-order valence-corrected chi connectivity index (χ3v) is 5.00. The minimum atomic E-state index is -0.445. The fourth-order valence-electron chi connectivity index (χ4n) is 3.62. The first-order valence-electron chi connectivity index (χ1n) is 9.27. The smallest absolute Gasteiger partial charge is 0.318 e. The molecule has 1 aromatic rings. The summed E-state index contributed by atoms with van der Waals surface area (Å²) < 4.78 is 0. The third kappa shape index (κ3) is 4.95. The van der Waals surface area contributed by atoms with E-state index in [1.165, 1.54) is 19.3 Å². The molecule has 2 aliphatic rings. The zero-order chi connectivity index (χ0) is 17.5. The van der Waals surface area contributed by atoms with Crippen LogP contribution >= 0.6 is 0 Å². The fraction of sp³-hybridized carbons (Fsp3) is 0.579. The number of nitrogens with one attached hydrogen (secondary N) is 2. The van der Waals surface area contributed by atoms with Crippen LogP contribution in [0.1, 0.15) is 50.5 Å². The number of hydrogen-bond acceptors (Lipinski definition) is 3. The van der Waals surface area contributed by atoms with Crippen molar-refractivity contribution < 1.29 is 14.4 Å². The molecule has 0 radical (unpaired) electrons. The summed E-state index contributed by atoms with van der Waals surface area (Å²) >= 11 is 0. The summed E-state index contributed by atoms with van der Waals surface area (Å²) in [5.41, 5.74) is 3.49. The SMILES string of the molecule is O=C(NOCc1ccccc1)[C@H]1CCCN1C(=O)NC1CCCCC1. The van der Waals surface area contributed by atoms with E-state index in [0.29, 0.717) is 19.6 Å². The van der Waals surface area contributed by atoms with Gasteiger partial charge < -0.3 is 10.2 Å². The lowest BCUT2D eigenvalue weighted by molar-refractivity contribution is -0.138. The van der Waals surface area contributed by atoms with E-state index < -0.39 is 6.04 Å². The highest BCUT2D eigenvalue weighted by atomic mass is 16.6. The Hall–Kier alpha value is -2.08. The zero-order valence-electron chi connectivity index (χ0n) is 14.6. The molecule has 1 aliphatic carbocycles. The van der Waals surface area contributed by atoms with Crippen LogP contribution in [-0.2, 0) is 16.2 Å². The molecule has 1 aromatic carbocycles. The van der Waals surface area contributed by atoms with Crippen LogP contribution in [-0.4, -0.2) is 35.5 Å². The largest absolute Gasteiger partial charge is 0.335 e. The van der Waals surface area contributed by atoms with Gasteiger partial charge in [-0.25, -0.2) is 10.3 Å². The van der Waals surface area contributed by atoms with Crippen LogP contribution in [0.25, 0.3) is 0 Å². The topological polar surface area (TPSA) is 70.7 Å². The van der Waals surface area contributed by atoms with Crippen molar-refractivity contribution in [2.24, 2.45) is 0 Å². The van der Waals surface area contributed by atoms with E-state index in [9.17, 15) is 9.59 Å². The number of hydroxylamine groups is 1. The van der Waals surface area contributed by atoms with Gasteiger partial charge in [-0.1, -0.05) is 49.6 Å². The van der Waals surface area contributed by atoms with E-state index >= 15 is 0 Å². The number of carbonyl (C=O) groups is 2. The molecule has 3 rings (SSSR count). The van der Waals surface area contributed by atoms with Gasteiger partial charge in [0.05, 0.1) is 6.61 Å². The van der Waals surface area contributed by atoms with Gasteiger partial charge in [0.1, 0.15) is 6.04 Å². The molecule has 0 spiro atoms. The number of rotatable bonds is 5. The molecule has 136 valence electrons. The molecule has 1 heterocycles. The van der Waals surface area contributed by atoms with Gasteiger partial charge >= 0.3 is 6.03 Å². The van der Waals surface area contributed by atoms with E-state index in [1.807, 2.05) is 30.3 Å². The van der Waals surface area contributed by atoms with E-state index in [-0.39, 0.29) is 18.0 Å². The van der Waals surface area contributed by atoms with Crippen LogP contribution < -0.4 is 10.8 Å². The van der Waals surface area contributed by atoms with Gasteiger partial charge in [0.2, 0.25) is 0 Å². The Kier molecular flexibility index (Phi) is 6.28. The highest BCUT2D eigenvalue weighted by Gasteiger charge is 2.35. The van der Waals surface area contributed by atoms with Crippen LogP contribution in [0.3, 0.4) is 0 Å². The summed E-state index contributed by atoms with van der Waals surface area (Å²) in [6.07, 6.45) is 7.19. The summed E-state index contributed by atoms with van der Waals surface area (Å²) in [6.45, 7) is 0.933. The Morgan fingerprint density at radius 3 is 2.56 bits per heavy atom. The van der Waals surface area contributed by atoms with Gasteiger partial charge in [0.25, 0.3) is 5.91 Å². The maximum atomic E-state index is 12.5. The van der Waals surface area contributed by atoms with E-state index in [2.05, 4.69) is 10.8 Å². The lowest BCUT2D eigenvalue weighted by atomic mass is 9.96. The van der Waals surface area contributed by atoms with Crippen molar-refractivity contribution in [2.45, 2.75) is 63.6 Å². The molecule has 2 N–H and O–H groups in total. The summed E-state index contributed by atoms with van der Waals surface area (Å²) in [5, 5.41) is 3.09. The predicted molar refractivity (Wildman–Crippen MR) is 94.5 cm³/mol. The number of likely N-dealkylation sites (tertiary alicyclic amines) is 1. The molecule has 6 heteroatoms. The summed E-state index contributed by atoms with van der Waals surface area (Å²) in [6, 6.07) is 9.34. The number of amides is 3. The van der Waals surface area contributed by atoms with Crippen molar-refractivity contribution in [3.63, 3.8) is 0 Å². The molecule has 0 unspecified atom stereocenters. The molecule has 0 aromatic heterocycles. The number of hydrogen-bond donors (Lipinski definition) is 2. The molecule has 1 atom stereocenters. The van der Waals surface area contributed by atoms with Crippen molar-refractivity contribution in [3.05, 3.63) is 35.9 Å². The first kappa shape index (κ1) is 17.7. The van der Waals surface area contributed by atoms with Gasteiger partial charge in [-0.2, -0.15) is 0 Å². The molecule has 0 bridgehead atoms. The van der Waals surface area contributed by atoms with Crippen LogP contribution in [0.2, 0.25) is 0 Å². The number of benzene rings is 1. The van der Waals surface area contributed by atoms with Crippen molar-refractivity contribution in [1.82, 2.24) is 15.7 Å². The van der Waals surface area contributed by atoms with Crippen molar-refractivity contribution in [1.29, 1.82) is 0 Å². The van der Waals surface area contributed by atoms with Gasteiger partial charge in [0.15, 0.2) is 0 Å². The van der Waals surface area contributed by atoms with Crippen LogP contribution in [0, 0.1) is 0 Å². The van der Waals surface area contributed by atoms with Crippen molar-refractivity contribution >= 4 is 11.9 Å². The molecular formula is C19H27N3O3. The Labute approximate surface area is 148 Å². The molecule has 1 aliphatic heterocycles. The molecule has 1 saturated carbocycles. The minimum Gasteiger partial charge on any atom is -0.335 e. The van der Waals surface area contributed by atoms with Crippen LogP contribution in [0.15, 0.2) is 30.3 Å². The Balaban J connectivity index is 1.46. The van der Waals surface area contributed by atoms with Crippen molar-refractivity contribution in [2.75, 3.05) is 6.54 Å².